The predicted molar refractivity (Wildman–Crippen MR) is 48.3 cm³/mol. The molecule has 0 saturated heterocycles. The highest BCUT2D eigenvalue weighted by molar-refractivity contribution is 5.68. The molecule has 5 N–H and O–H groups in total. The highest BCUT2D eigenvalue weighted by atomic mass is 16.4. The molecule has 0 unspecified atom stereocenters. The number of carboxylic acid groups (broad SMARTS) is 2. The van der Waals surface area contributed by atoms with E-state index in [9.17, 15) is 14.7 Å². The number of hydrogen-bond acceptors (Lipinski definition) is 3. The van der Waals surface area contributed by atoms with Gasteiger partial charge in [-0.05, 0) is 5.92 Å². The van der Waals surface area contributed by atoms with Crippen LogP contribution in [0, 0.1) is 11.8 Å². The standard InChI is InChI=1S/2C4H8O2.H3N/c2*1-3(2)4(5)6;/h2*3H,1-2H3,(H,5,6);1H3. The molecule has 0 amide bonds. The number of carbonyl (C=O) groups excluding carboxylic acids is 1. The lowest BCUT2D eigenvalue weighted by Crippen LogP contribution is -2.27. The van der Waals surface area contributed by atoms with Gasteiger partial charge in [-0.3, -0.25) is 4.79 Å². The van der Waals surface area contributed by atoms with Gasteiger partial charge in [-0.2, -0.15) is 0 Å². The Hall–Kier alpha value is -1.10. The van der Waals surface area contributed by atoms with Gasteiger partial charge in [-0.15, -0.1) is 0 Å². The molecule has 0 saturated carbocycles. The molecule has 0 bridgehead atoms. The van der Waals surface area contributed by atoms with Crippen molar-refractivity contribution in [2.45, 2.75) is 27.7 Å². The summed E-state index contributed by atoms with van der Waals surface area (Å²) < 4.78 is 0. The average molecular weight is 193 g/mol. The van der Waals surface area contributed by atoms with Gasteiger partial charge < -0.3 is 21.2 Å². The first kappa shape index (κ1) is 17.8. The van der Waals surface area contributed by atoms with E-state index in [1.165, 1.54) is 0 Å². The Morgan fingerprint density at radius 2 is 1.23 bits per heavy atom. The third-order valence-electron chi connectivity index (χ3n) is 0.965. The van der Waals surface area contributed by atoms with Crippen molar-refractivity contribution in [3.05, 3.63) is 0 Å². The summed E-state index contributed by atoms with van der Waals surface area (Å²) in [6.45, 7) is 6.44. The van der Waals surface area contributed by atoms with E-state index in [1.807, 2.05) is 0 Å². The van der Waals surface area contributed by atoms with E-state index in [2.05, 4.69) is 0 Å². The van der Waals surface area contributed by atoms with Crippen molar-refractivity contribution in [2.75, 3.05) is 0 Å². The summed E-state index contributed by atoms with van der Waals surface area (Å²) >= 11 is 0. The topological polar surface area (TPSA) is 114 Å². The van der Waals surface area contributed by atoms with Crippen molar-refractivity contribution in [1.82, 2.24) is 6.15 Å². The Morgan fingerprint density at radius 1 is 1.08 bits per heavy atom. The van der Waals surface area contributed by atoms with Gasteiger partial charge in [0.1, 0.15) is 0 Å². The molecule has 0 radical (unpaired) electrons. The molecule has 80 valence electrons. The van der Waals surface area contributed by atoms with Gasteiger partial charge in [-0.25, -0.2) is 0 Å². The van der Waals surface area contributed by atoms with Crippen molar-refractivity contribution in [3.63, 3.8) is 0 Å². The van der Waals surface area contributed by atoms with Crippen LogP contribution in [0.5, 0.6) is 0 Å². The molecule has 0 heterocycles. The second-order valence-electron chi connectivity index (χ2n) is 2.97. The molecule has 0 spiro atoms. The summed E-state index contributed by atoms with van der Waals surface area (Å²) in [6.07, 6.45) is 0. The minimum absolute atomic E-state index is 0. The first-order valence-corrected chi connectivity index (χ1v) is 3.72. The minimum Gasteiger partial charge on any atom is -0.550 e. The molecule has 0 aliphatic heterocycles. The smallest absolute Gasteiger partial charge is 0.305 e. The normalized spacial score (nSPS) is 8.46. The van der Waals surface area contributed by atoms with E-state index >= 15 is 0 Å². The van der Waals surface area contributed by atoms with Crippen LogP contribution in [0.15, 0.2) is 0 Å². The summed E-state index contributed by atoms with van der Waals surface area (Å²) in [4.78, 5) is 19.3. The van der Waals surface area contributed by atoms with Gasteiger partial charge in [0.05, 0.1) is 5.92 Å². The van der Waals surface area contributed by atoms with E-state index in [0.717, 1.165) is 0 Å². The van der Waals surface area contributed by atoms with Crippen LogP contribution in [0.4, 0.5) is 0 Å². The fraction of sp³-hybridized carbons (Fsp3) is 0.750. The van der Waals surface area contributed by atoms with Gasteiger partial charge in [0.15, 0.2) is 0 Å². The van der Waals surface area contributed by atoms with Crippen molar-refractivity contribution < 1.29 is 19.8 Å². The maximum atomic E-state index is 9.70. The molecule has 5 nitrogen and oxygen atoms in total. The molecule has 0 aromatic rings. The lowest BCUT2D eigenvalue weighted by Gasteiger charge is -2.01. The number of hydrogen-bond donors (Lipinski definition) is 2. The molecule has 0 rings (SSSR count). The summed E-state index contributed by atoms with van der Waals surface area (Å²) in [5, 5.41) is 17.6. The van der Waals surface area contributed by atoms with Gasteiger partial charge in [-0.1, -0.05) is 27.7 Å². The molecule has 0 aliphatic carbocycles. The van der Waals surface area contributed by atoms with Crippen LogP contribution in [0.25, 0.3) is 0 Å². The minimum atomic E-state index is -0.991. The van der Waals surface area contributed by atoms with Crippen LogP contribution in [0.2, 0.25) is 0 Å². The van der Waals surface area contributed by atoms with Gasteiger partial charge in [0.2, 0.25) is 0 Å². The molecule has 0 atom stereocenters. The fourth-order valence-corrected chi connectivity index (χ4v) is 0. The maximum absolute atomic E-state index is 9.70. The number of aliphatic carboxylic acids is 2. The molecular formula is C8H19NO4. The number of rotatable bonds is 2. The first-order chi connectivity index (χ1) is 5.29. The van der Waals surface area contributed by atoms with Crippen molar-refractivity contribution >= 4 is 11.9 Å². The average Bonchev–Trinajstić information content (AvgIpc) is 1.88. The third kappa shape index (κ3) is 18.1. The van der Waals surface area contributed by atoms with Crippen molar-refractivity contribution in [3.8, 4) is 0 Å². The quantitative estimate of drug-likeness (QED) is 0.664. The van der Waals surface area contributed by atoms with E-state index in [4.69, 9.17) is 5.11 Å². The van der Waals surface area contributed by atoms with Crippen LogP contribution in [0.1, 0.15) is 27.7 Å². The van der Waals surface area contributed by atoms with Crippen LogP contribution in [-0.2, 0) is 9.59 Å². The van der Waals surface area contributed by atoms with E-state index < -0.39 is 11.9 Å². The Kier molecular flexibility index (Phi) is 12.3. The molecule has 0 aromatic carbocycles. The van der Waals surface area contributed by atoms with Crippen molar-refractivity contribution in [1.29, 1.82) is 0 Å². The Balaban J connectivity index is -0.000000143. The Bertz CT molecular complexity index is 136. The number of carboxylic acids is 2. The van der Waals surface area contributed by atoms with Gasteiger partial charge in [0.25, 0.3) is 0 Å². The molecule has 0 aromatic heterocycles. The summed E-state index contributed by atoms with van der Waals surface area (Å²) in [5.74, 6) is -2.31. The summed E-state index contributed by atoms with van der Waals surface area (Å²) in [5.41, 5.74) is 0. The molecule has 13 heavy (non-hydrogen) atoms. The van der Waals surface area contributed by atoms with Gasteiger partial charge >= 0.3 is 5.97 Å². The second kappa shape index (κ2) is 8.99. The number of carbonyl (C=O) groups is 2. The van der Waals surface area contributed by atoms with E-state index in [1.54, 1.807) is 27.7 Å². The number of quaternary nitrogens is 1. The second-order valence-corrected chi connectivity index (χ2v) is 2.97. The van der Waals surface area contributed by atoms with Crippen LogP contribution in [0.3, 0.4) is 0 Å². The van der Waals surface area contributed by atoms with Gasteiger partial charge in [0, 0.05) is 5.97 Å². The van der Waals surface area contributed by atoms with Crippen molar-refractivity contribution in [2.24, 2.45) is 11.8 Å². The Morgan fingerprint density at radius 3 is 1.23 bits per heavy atom. The molecule has 0 fully saturated rings. The summed E-state index contributed by atoms with van der Waals surface area (Å²) in [6, 6.07) is 0. The maximum Gasteiger partial charge on any atom is 0.305 e. The zero-order valence-corrected chi connectivity index (χ0v) is 8.83. The highest BCUT2D eigenvalue weighted by Crippen LogP contribution is 1.87. The SMILES string of the molecule is CC(C)C(=O)O.CC(C)C(=O)[O-].[NH4+]. The van der Waals surface area contributed by atoms with Crippen LogP contribution < -0.4 is 11.3 Å². The van der Waals surface area contributed by atoms with Crippen LogP contribution in [-0.4, -0.2) is 17.0 Å². The predicted octanol–water partition coefficient (Wildman–Crippen LogP) is 0.496. The van der Waals surface area contributed by atoms with E-state index in [0.29, 0.717) is 0 Å². The highest BCUT2D eigenvalue weighted by Gasteiger charge is 1.99. The monoisotopic (exact) mass is 193 g/mol. The van der Waals surface area contributed by atoms with Crippen LogP contribution >= 0.6 is 0 Å². The Labute approximate surface area is 78.3 Å². The lowest BCUT2D eigenvalue weighted by molar-refractivity contribution is -0.310. The lowest BCUT2D eigenvalue weighted by atomic mass is 10.2. The third-order valence-corrected chi connectivity index (χ3v) is 0.965. The molecule has 0 aliphatic rings. The summed E-state index contributed by atoms with van der Waals surface area (Å²) in [7, 11) is 0. The fourth-order valence-electron chi connectivity index (χ4n) is 0. The zero-order chi connectivity index (χ0) is 10.3. The largest absolute Gasteiger partial charge is 0.550 e. The van der Waals surface area contributed by atoms with E-state index in [-0.39, 0.29) is 18.0 Å². The zero-order valence-electron chi connectivity index (χ0n) is 8.83. The molecular weight excluding hydrogens is 174 g/mol. The molecule has 5 heteroatoms. The first-order valence-electron chi connectivity index (χ1n) is 3.72.